The van der Waals surface area contributed by atoms with Crippen LogP contribution in [0.15, 0.2) is 41.1 Å². The van der Waals surface area contributed by atoms with Crippen molar-refractivity contribution in [3.63, 3.8) is 0 Å². The predicted octanol–water partition coefficient (Wildman–Crippen LogP) is 2.84. The van der Waals surface area contributed by atoms with Gasteiger partial charge in [0.2, 0.25) is 12.6 Å². The van der Waals surface area contributed by atoms with E-state index in [0.29, 0.717) is 54.6 Å². The van der Waals surface area contributed by atoms with E-state index in [1.165, 1.54) is 6.20 Å². The molecule has 12 heteroatoms. The van der Waals surface area contributed by atoms with Crippen molar-refractivity contribution < 1.29 is 32.0 Å². The summed E-state index contributed by atoms with van der Waals surface area (Å²) in [5.74, 6) is 0.140. The Morgan fingerprint density at radius 3 is 2.47 bits per heavy atom. The number of alkyl halides is 3. The van der Waals surface area contributed by atoms with E-state index in [2.05, 4.69) is 19.6 Å². The molecular formula is C20H16F3N5O4. The van der Waals surface area contributed by atoms with Gasteiger partial charge in [-0.15, -0.1) is 0 Å². The zero-order valence-electron chi connectivity index (χ0n) is 16.5. The van der Waals surface area contributed by atoms with Gasteiger partial charge in [0.25, 0.3) is 5.91 Å². The molecule has 1 saturated heterocycles. The van der Waals surface area contributed by atoms with Crippen molar-refractivity contribution in [2.24, 2.45) is 0 Å². The average molecular weight is 447 g/mol. The Bertz CT molecular complexity index is 1140. The monoisotopic (exact) mass is 447 g/mol. The molecule has 0 atom stereocenters. The van der Waals surface area contributed by atoms with E-state index in [1.54, 1.807) is 35.2 Å². The third kappa shape index (κ3) is 3.79. The van der Waals surface area contributed by atoms with Gasteiger partial charge in [0.05, 0.1) is 0 Å². The summed E-state index contributed by atoms with van der Waals surface area (Å²) < 4.78 is 52.7. The average Bonchev–Trinajstić information content (AvgIpc) is 3.48. The van der Waals surface area contributed by atoms with Gasteiger partial charge >= 0.3 is 12.1 Å². The molecule has 166 valence electrons. The number of hydrogen-bond donors (Lipinski definition) is 0. The largest absolute Gasteiger partial charge is 0.471 e. The first-order valence-electron chi connectivity index (χ1n) is 9.70. The fourth-order valence-corrected chi connectivity index (χ4v) is 3.51. The first kappa shape index (κ1) is 20.1. The Balaban J connectivity index is 1.22. The molecule has 2 aliphatic rings. The molecule has 1 fully saturated rings. The SMILES string of the molecule is O=C(c1ccc2c(c1)OCO2)N1CCN(c2ccc(-c3noc(C(F)(F)F)n3)cn2)CC1. The Morgan fingerprint density at radius 2 is 1.78 bits per heavy atom. The Kier molecular flexibility index (Phi) is 4.83. The van der Waals surface area contributed by atoms with Gasteiger partial charge in [0.15, 0.2) is 11.5 Å². The van der Waals surface area contributed by atoms with Gasteiger partial charge in [-0.1, -0.05) is 5.16 Å². The summed E-state index contributed by atoms with van der Waals surface area (Å²) >= 11 is 0. The Morgan fingerprint density at radius 1 is 1.00 bits per heavy atom. The van der Waals surface area contributed by atoms with Crippen molar-refractivity contribution in [2.75, 3.05) is 37.9 Å². The molecule has 0 unspecified atom stereocenters. The van der Waals surface area contributed by atoms with E-state index in [0.717, 1.165) is 0 Å². The smallest absolute Gasteiger partial charge is 0.454 e. The molecule has 0 bridgehead atoms. The number of carbonyl (C=O) groups excluding carboxylic acids is 1. The van der Waals surface area contributed by atoms with Crippen molar-refractivity contribution >= 4 is 11.7 Å². The quantitative estimate of drug-likeness (QED) is 0.605. The zero-order valence-corrected chi connectivity index (χ0v) is 16.5. The topological polar surface area (TPSA) is 93.8 Å². The molecule has 2 aromatic heterocycles. The fraction of sp³-hybridized carbons (Fsp3) is 0.300. The molecule has 0 aliphatic carbocycles. The lowest BCUT2D eigenvalue weighted by Gasteiger charge is -2.35. The molecular weight excluding hydrogens is 431 g/mol. The number of ether oxygens (including phenoxy) is 2. The lowest BCUT2D eigenvalue weighted by molar-refractivity contribution is -0.159. The summed E-state index contributed by atoms with van der Waals surface area (Å²) in [5, 5.41) is 3.35. The van der Waals surface area contributed by atoms with E-state index < -0.39 is 12.1 Å². The van der Waals surface area contributed by atoms with Crippen molar-refractivity contribution in [2.45, 2.75) is 6.18 Å². The molecule has 0 radical (unpaired) electrons. The minimum atomic E-state index is -4.70. The normalized spacial score (nSPS) is 15.8. The zero-order chi connectivity index (χ0) is 22.3. The number of aromatic nitrogens is 3. The van der Waals surface area contributed by atoms with Crippen LogP contribution in [0.1, 0.15) is 16.2 Å². The second kappa shape index (κ2) is 7.70. The van der Waals surface area contributed by atoms with Crippen LogP contribution in [-0.4, -0.2) is 58.9 Å². The van der Waals surface area contributed by atoms with Crippen molar-refractivity contribution in [3.05, 3.63) is 48.0 Å². The summed E-state index contributed by atoms with van der Waals surface area (Å²) in [6.45, 7) is 2.26. The third-order valence-corrected chi connectivity index (χ3v) is 5.18. The van der Waals surface area contributed by atoms with Crippen LogP contribution >= 0.6 is 0 Å². The maximum atomic E-state index is 12.8. The van der Waals surface area contributed by atoms with E-state index in [4.69, 9.17) is 9.47 Å². The van der Waals surface area contributed by atoms with Gasteiger partial charge in [0, 0.05) is 43.5 Å². The van der Waals surface area contributed by atoms with Gasteiger partial charge in [-0.2, -0.15) is 18.2 Å². The molecule has 1 amide bonds. The first-order chi connectivity index (χ1) is 15.4. The predicted molar refractivity (Wildman–Crippen MR) is 103 cm³/mol. The number of pyridine rings is 1. The summed E-state index contributed by atoms with van der Waals surface area (Å²) in [4.78, 5) is 24.2. The van der Waals surface area contributed by atoms with Gasteiger partial charge in [-0.05, 0) is 30.3 Å². The number of carbonyl (C=O) groups is 1. The van der Waals surface area contributed by atoms with Crippen molar-refractivity contribution in [1.82, 2.24) is 20.0 Å². The summed E-state index contributed by atoms with van der Waals surface area (Å²) in [5.41, 5.74) is 0.841. The van der Waals surface area contributed by atoms with Crippen LogP contribution in [0.25, 0.3) is 11.4 Å². The van der Waals surface area contributed by atoms with E-state index in [-0.39, 0.29) is 18.5 Å². The lowest BCUT2D eigenvalue weighted by atomic mass is 10.1. The number of piperazine rings is 1. The van der Waals surface area contributed by atoms with E-state index in [1.807, 2.05) is 4.90 Å². The number of benzene rings is 1. The van der Waals surface area contributed by atoms with Crippen LogP contribution in [0, 0.1) is 0 Å². The van der Waals surface area contributed by atoms with Gasteiger partial charge in [-0.3, -0.25) is 4.79 Å². The number of halogens is 3. The maximum Gasteiger partial charge on any atom is 0.471 e. The summed E-state index contributed by atoms with van der Waals surface area (Å²) in [6.07, 6.45) is -3.30. The number of amides is 1. The number of anilines is 1. The molecule has 9 nitrogen and oxygen atoms in total. The molecule has 0 spiro atoms. The van der Waals surface area contributed by atoms with Crippen LogP contribution in [0.5, 0.6) is 11.5 Å². The molecule has 0 saturated carbocycles. The third-order valence-electron chi connectivity index (χ3n) is 5.18. The Labute approximate surface area is 179 Å². The van der Waals surface area contributed by atoms with Gasteiger partial charge in [-0.25, -0.2) is 4.98 Å². The fourth-order valence-electron chi connectivity index (χ4n) is 3.51. The van der Waals surface area contributed by atoms with E-state index >= 15 is 0 Å². The van der Waals surface area contributed by atoms with Crippen LogP contribution in [0.4, 0.5) is 19.0 Å². The number of hydrogen-bond acceptors (Lipinski definition) is 8. The Hall–Kier alpha value is -3.83. The number of rotatable bonds is 3. The molecule has 2 aliphatic heterocycles. The van der Waals surface area contributed by atoms with Gasteiger partial charge < -0.3 is 23.8 Å². The van der Waals surface area contributed by atoms with Crippen LogP contribution < -0.4 is 14.4 Å². The second-order valence-corrected chi connectivity index (χ2v) is 7.17. The molecule has 0 N–H and O–H groups in total. The second-order valence-electron chi connectivity index (χ2n) is 7.17. The van der Waals surface area contributed by atoms with Crippen LogP contribution in [0.3, 0.4) is 0 Å². The highest BCUT2D eigenvalue weighted by molar-refractivity contribution is 5.95. The maximum absolute atomic E-state index is 12.8. The molecule has 3 aromatic rings. The van der Waals surface area contributed by atoms with Gasteiger partial charge in [0.1, 0.15) is 5.82 Å². The summed E-state index contributed by atoms with van der Waals surface area (Å²) in [6, 6.07) is 8.37. The minimum Gasteiger partial charge on any atom is -0.454 e. The van der Waals surface area contributed by atoms with Crippen LogP contribution in [0.2, 0.25) is 0 Å². The first-order valence-corrected chi connectivity index (χ1v) is 9.70. The molecule has 4 heterocycles. The van der Waals surface area contributed by atoms with Crippen LogP contribution in [-0.2, 0) is 6.18 Å². The molecule has 32 heavy (non-hydrogen) atoms. The highest BCUT2D eigenvalue weighted by Crippen LogP contribution is 2.33. The standard InChI is InChI=1S/C20H16F3N5O4/c21-20(22,23)19-25-17(26-32-19)13-2-4-16(24-10-13)27-5-7-28(8-6-27)18(29)12-1-3-14-15(9-12)31-11-30-14/h1-4,9-10H,5-8,11H2. The van der Waals surface area contributed by atoms with Crippen molar-refractivity contribution in [1.29, 1.82) is 0 Å². The summed E-state index contributed by atoms with van der Waals surface area (Å²) in [7, 11) is 0. The highest BCUT2D eigenvalue weighted by Gasteiger charge is 2.38. The lowest BCUT2D eigenvalue weighted by Crippen LogP contribution is -2.49. The molecule has 5 rings (SSSR count). The molecule has 1 aromatic carbocycles. The van der Waals surface area contributed by atoms with Crippen molar-refractivity contribution in [3.8, 4) is 22.9 Å². The number of fused-ring (bicyclic) bond motifs is 1. The number of nitrogens with zero attached hydrogens (tertiary/aromatic N) is 5. The van der Waals surface area contributed by atoms with E-state index in [9.17, 15) is 18.0 Å². The minimum absolute atomic E-state index is 0.0937. The highest BCUT2D eigenvalue weighted by atomic mass is 19.4.